The van der Waals surface area contributed by atoms with Crippen LogP contribution in [0.2, 0.25) is 0 Å². The van der Waals surface area contributed by atoms with Gasteiger partial charge in [0.05, 0.1) is 0 Å². The van der Waals surface area contributed by atoms with E-state index in [0.29, 0.717) is 18.8 Å². The molecule has 1 amide bonds. The average molecular weight is 285 g/mol. The highest BCUT2D eigenvalue weighted by molar-refractivity contribution is 5.92. The van der Waals surface area contributed by atoms with Crippen molar-refractivity contribution in [3.05, 3.63) is 47.3 Å². The van der Waals surface area contributed by atoms with Gasteiger partial charge in [-0.15, -0.1) is 0 Å². The van der Waals surface area contributed by atoms with Gasteiger partial charge in [-0.25, -0.2) is 0 Å². The van der Waals surface area contributed by atoms with Crippen molar-refractivity contribution >= 4 is 11.6 Å². The van der Waals surface area contributed by atoms with Crippen LogP contribution < -0.4 is 4.90 Å². The molecule has 1 saturated heterocycles. The van der Waals surface area contributed by atoms with E-state index in [1.54, 1.807) is 6.07 Å². The van der Waals surface area contributed by atoms with E-state index in [1.807, 2.05) is 4.90 Å². The Bertz CT molecular complexity index is 629. The number of nitrogens with zero attached hydrogens (tertiary/aromatic N) is 3. The third-order valence-electron chi connectivity index (χ3n) is 4.14. The lowest BCUT2D eigenvalue weighted by molar-refractivity contribution is 0.0736. The van der Waals surface area contributed by atoms with E-state index in [2.05, 4.69) is 42.1 Å². The molecule has 0 unspecified atom stereocenters. The molecule has 1 aliphatic heterocycles. The number of amides is 1. The molecular formula is C16H19N3O2. The van der Waals surface area contributed by atoms with Gasteiger partial charge in [0, 0.05) is 37.9 Å². The first kappa shape index (κ1) is 13.7. The lowest BCUT2D eigenvalue weighted by Gasteiger charge is -2.36. The SMILES string of the molecule is Cc1cccc(N2CCN(C(=O)c3ccon3)CC2)c1C. The summed E-state index contributed by atoms with van der Waals surface area (Å²) in [7, 11) is 0. The number of hydrogen-bond acceptors (Lipinski definition) is 4. The van der Waals surface area contributed by atoms with Crippen LogP contribution in [0.25, 0.3) is 0 Å². The standard InChI is InChI=1S/C16H19N3O2/c1-12-4-3-5-15(13(12)2)18-7-9-19(10-8-18)16(20)14-6-11-21-17-14/h3-6,11H,7-10H2,1-2H3. The third-order valence-corrected chi connectivity index (χ3v) is 4.14. The second kappa shape index (κ2) is 5.60. The van der Waals surface area contributed by atoms with Crippen molar-refractivity contribution in [2.24, 2.45) is 0 Å². The largest absolute Gasteiger partial charge is 0.368 e. The lowest BCUT2D eigenvalue weighted by atomic mass is 10.1. The quantitative estimate of drug-likeness (QED) is 0.849. The summed E-state index contributed by atoms with van der Waals surface area (Å²) in [6.07, 6.45) is 1.43. The summed E-state index contributed by atoms with van der Waals surface area (Å²) >= 11 is 0. The molecule has 1 aliphatic rings. The molecule has 1 fully saturated rings. The van der Waals surface area contributed by atoms with E-state index in [1.165, 1.54) is 23.1 Å². The molecule has 0 bridgehead atoms. The van der Waals surface area contributed by atoms with Crippen molar-refractivity contribution in [1.29, 1.82) is 0 Å². The van der Waals surface area contributed by atoms with Gasteiger partial charge in [0.25, 0.3) is 5.91 Å². The second-order valence-electron chi connectivity index (χ2n) is 5.38. The molecule has 5 nitrogen and oxygen atoms in total. The molecule has 0 spiro atoms. The van der Waals surface area contributed by atoms with Gasteiger partial charge in [-0.3, -0.25) is 4.79 Å². The van der Waals surface area contributed by atoms with E-state index in [4.69, 9.17) is 4.52 Å². The van der Waals surface area contributed by atoms with Gasteiger partial charge in [0.2, 0.25) is 0 Å². The van der Waals surface area contributed by atoms with Crippen molar-refractivity contribution in [3.8, 4) is 0 Å². The van der Waals surface area contributed by atoms with Gasteiger partial charge in [-0.2, -0.15) is 0 Å². The Hall–Kier alpha value is -2.30. The van der Waals surface area contributed by atoms with Crippen LogP contribution in [0.4, 0.5) is 5.69 Å². The Labute approximate surface area is 124 Å². The molecule has 1 aromatic heterocycles. The number of aromatic nitrogens is 1. The van der Waals surface area contributed by atoms with Crippen LogP contribution in [0.5, 0.6) is 0 Å². The highest BCUT2D eigenvalue weighted by atomic mass is 16.5. The van der Waals surface area contributed by atoms with Gasteiger partial charge < -0.3 is 14.3 Å². The summed E-state index contributed by atoms with van der Waals surface area (Å²) in [5.41, 5.74) is 4.26. The number of benzene rings is 1. The summed E-state index contributed by atoms with van der Waals surface area (Å²) in [5.74, 6) is -0.0515. The third kappa shape index (κ3) is 2.63. The van der Waals surface area contributed by atoms with Crippen LogP contribution in [0.1, 0.15) is 21.6 Å². The smallest absolute Gasteiger partial charge is 0.276 e. The van der Waals surface area contributed by atoms with Crippen LogP contribution in [-0.2, 0) is 0 Å². The summed E-state index contributed by atoms with van der Waals surface area (Å²) < 4.78 is 4.74. The summed E-state index contributed by atoms with van der Waals surface area (Å²) in [4.78, 5) is 16.4. The molecule has 21 heavy (non-hydrogen) atoms. The zero-order valence-corrected chi connectivity index (χ0v) is 12.4. The van der Waals surface area contributed by atoms with Gasteiger partial charge in [0.15, 0.2) is 5.69 Å². The second-order valence-corrected chi connectivity index (χ2v) is 5.38. The predicted molar refractivity (Wildman–Crippen MR) is 80.5 cm³/mol. The summed E-state index contributed by atoms with van der Waals surface area (Å²) in [5, 5.41) is 3.71. The Morgan fingerprint density at radius 2 is 1.90 bits per heavy atom. The van der Waals surface area contributed by atoms with Crippen molar-refractivity contribution in [2.75, 3.05) is 31.1 Å². The highest BCUT2D eigenvalue weighted by Crippen LogP contribution is 2.24. The van der Waals surface area contributed by atoms with Crippen LogP contribution in [-0.4, -0.2) is 42.1 Å². The molecule has 2 aromatic rings. The van der Waals surface area contributed by atoms with Crippen LogP contribution in [0, 0.1) is 13.8 Å². The number of carbonyl (C=O) groups is 1. The lowest BCUT2D eigenvalue weighted by Crippen LogP contribution is -2.49. The number of hydrogen-bond donors (Lipinski definition) is 0. The average Bonchev–Trinajstić information content (AvgIpc) is 3.04. The zero-order chi connectivity index (χ0) is 14.8. The van der Waals surface area contributed by atoms with Crippen molar-refractivity contribution in [1.82, 2.24) is 10.1 Å². The van der Waals surface area contributed by atoms with Crippen molar-refractivity contribution in [3.63, 3.8) is 0 Å². The summed E-state index contributed by atoms with van der Waals surface area (Å²) in [6.45, 7) is 7.38. The molecule has 0 N–H and O–H groups in total. The first-order valence-electron chi connectivity index (χ1n) is 7.17. The molecule has 3 rings (SSSR count). The van der Waals surface area contributed by atoms with E-state index >= 15 is 0 Å². The van der Waals surface area contributed by atoms with Crippen LogP contribution in [0.3, 0.4) is 0 Å². The van der Waals surface area contributed by atoms with Crippen molar-refractivity contribution < 1.29 is 9.32 Å². The van der Waals surface area contributed by atoms with Crippen molar-refractivity contribution in [2.45, 2.75) is 13.8 Å². The number of piperazine rings is 1. The fourth-order valence-corrected chi connectivity index (χ4v) is 2.71. The molecule has 5 heteroatoms. The van der Waals surface area contributed by atoms with Crippen LogP contribution >= 0.6 is 0 Å². The zero-order valence-electron chi connectivity index (χ0n) is 12.4. The monoisotopic (exact) mass is 285 g/mol. The molecule has 2 heterocycles. The maximum Gasteiger partial charge on any atom is 0.276 e. The van der Waals surface area contributed by atoms with Gasteiger partial charge in [0.1, 0.15) is 6.26 Å². The Kier molecular flexibility index (Phi) is 3.64. The maximum absolute atomic E-state index is 12.2. The Morgan fingerprint density at radius 3 is 2.57 bits per heavy atom. The number of rotatable bonds is 2. The number of carbonyl (C=O) groups excluding carboxylic acids is 1. The van der Waals surface area contributed by atoms with E-state index in [-0.39, 0.29) is 5.91 Å². The van der Waals surface area contributed by atoms with Gasteiger partial charge in [-0.1, -0.05) is 17.3 Å². The molecule has 0 radical (unpaired) electrons. The van der Waals surface area contributed by atoms with Gasteiger partial charge >= 0.3 is 0 Å². The molecule has 110 valence electrons. The summed E-state index contributed by atoms with van der Waals surface area (Å²) in [6, 6.07) is 7.98. The number of aryl methyl sites for hydroxylation is 1. The minimum atomic E-state index is -0.0515. The first-order valence-corrected chi connectivity index (χ1v) is 7.17. The van der Waals surface area contributed by atoms with E-state index in [9.17, 15) is 4.79 Å². The highest BCUT2D eigenvalue weighted by Gasteiger charge is 2.24. The minimum absolute atomic E-state index is 0.0515. The fraction of sp³-hybridized carbons (Fsp3) is 0.375. The fourth-order valence-electron chi connectivity index (χ4n) is 2.71. The molecule has 0 saturated carbocycles. The topological polar surface area (TPSA) is 49.6 Å². The molecule has 1 aromatic carbocycles. The number of anilines is 1. The normalized spacial score (nSPS) is 15.3. The maximum atomic E-state index is 12.2. The molecular weight excluding hydrogens is 266 g/mol. The van der Waals surface area contributed by atoms with Gasteiger partial charge in [-0.05, 0) is 31.0 Å². The minimum Gasteiger partial charge on any atom is -0.368 e. The Balaban J connectivity index is 1.68. The van der Waals surface area contributed by atoms with E-state index < -0.39 is 0 Å². The molecule has 0 aliphatic carbocycles. The molecule has 0 atom stereocenters. The first-order chi connectivity index (χ1) is 10.2. The predicted octanol–water partition coefficient (Wildman–Crippen LogP) is 2.25. The van der Waals surface area contributed by atoms with E-state index in [0.717, 1.165) is 13.1 Å². The Morgan fingerprint density at radius 1 is 1.14 bits per heavy atom. The van der Waals surface area contributed by atoms with Crippen LogP contribution in [0.15, 0.2) is 35.1 Å².